The summed E-state index contributed by atoms with van der Waals surface area (Å²) in [5.41, 5.74) is 8.64. The molecule has 43 heavy (non-hydrogen) atoms. The minimum absolute atomic E-state index is 0.665. The minimum Gasteiger partial charge on any atom is -0.307 e. The van der Waals surface area contributed by atoms with Gasteiger partial charge in [-0.25, -0.2) is 9.97 Å². The molecule has 6 heteroatoms. The van der Waals surface area contributed by atoms with E-state index >= 15 is 0 Å². The van der Waals surface area contributed by atoms with Gasteiger partial charge in [-0.15, -0.1) is 0 Å². The fourth-order valence-corrected chi connectivity index (χ4v) is 8.10. The van der Waals surface area contributed by atoms with E-state index in [0.717, 1.165) is 46.3 Å². The Morgan fingerprint density at radius 2 is 1.35 bits per heavy atom. The van der Waals surface area contributed by atoms with Crippen LogP contribution in [0.15, 0.2) is 130 Å². The molecule has 202 valence electrons. The molecule has 2 aliphatic rings. The van der Waals surface area contributed by atoms with Gasteiger partial charge in [0.15, 0.2) is 0 Å². The molecule has 10 rings (SSSR count). The van der Waals surface area contributed by atoms with Gasteiger partial charge in [0, 0.05) is 43.3 Å². The highest BCUT2D eigenvalue weighted by molar-refractivity contribution is 7.99. The molecule has 0 saturated carbocycles. The highest BCUT2D eigenvalue weighted by Crippen LogP contribution is 2.51. The number of aliphatic imine (C=N–C) groups is 1. The number of allylic oxidation sites excluding steroid dienone is 1. The zero-order valence-electron chi connectivity index (χ0n) is 23.0. The van der Waals surface area contributed by atoms with Crippen molar-refractivity contribution in [3.8, 4) is 11.6 Å². The summed E-state index contributed by atoms with van der Waals surface area (Å²) in [6, 6.07) is 36.8. The number of hydrogen-bond acceptors (Lipinski definition) is 4. The van der Waals surface area contributed by atoms with Crippen molar-refractivity contribution in [2.24, 2.45) is 4.99 Å². The van der Waals surface area contributed by atoms with Gasteiger partial charge in [0.05, 0.1) is 39.0 Å². The average molecular weight is 570 g/mol. The van der Waals surface area contributed by atoms with Gasteiger partial charge < -0.3 is 4.57 Å². The van der Waals surface area contributed by atoms with E-state index in [0.29, 0.717) is 5.95 Å². The number of dihydropyridines is 1. The van der Waals surface area contributed by atoms with E-state index in [9.17, 15) is 0 Å². The van der Waals surface area contributed by atoms with Crippen molar-refractivity contribution in [2.45, 2.75) is 16.2 Å². The lowest BCUT2D eigenvalue weighted by Gasteiger charge is -2.20. The van der Waals surface area contributed by atoms with Crippen LogP contribution in [-0.4, -0.2) is 31.4 Å². The predicted molar refractivity (Wildman–Crippen MR) is 177 cm³/mol. The Bertz CT molecular complexity index is 2550. The second-order valence-electron chi connectivity index (χ2n) is 11.1. The third kappa shape index (κ3) is 3.16. The van der Waals surface area contributed by atoms with Crippen LogP contribution in [0.3, 0.4) is 0 Å². The first-order valence-corrected chi connectivity index (χ1v) is 15.4. The largest absolute Gasteiger partial charge is 0.307 e. The van der Waals surface area contributed by atoms with Gasteiger partial charge >= 0.3 is 0 Å². The first-order chi connectivity index (χ1) is 21.3. The maximum absolute atomic E-state index is 5.28. The molecule has 0 radical (unpaired) electrons. The Hall–Kier alpha value is -5.20. The molecule has 0 saturated heterocycles. The maximum atomic E-state index is 5.28. The quantitative estimate of drug-likeness (QED) is 0.209. The SMILES string of the molecule is C1=CC(c2nc(-n3c4ccccc4c4c5c6ccccc6n6c5c(cc43)Sc3ccccc3-6)nc3ccccc23)=NCC1. The Morgan fingerprint density at radius 1 is 0.628 bits per heavy atom. The summed E-state index contributed by atoms with van der Waals surface area (Å²) >= 11 is 1.84. The summed E-state index contributed by atoms with van der Waals surface area (Å²) in [7, 11) is 0. The smallest absolute Gasteiger partial charge is 0.235 e. The Kier molecular flexibility index (Phi) is 4.71. The van der Waals surface area contributed by atoms with Crippen LogP contribution in [-0.2, 0) is 0 Å². The Morgan fingerprint density at radius 3 is 2.19 bits per heavy atom. The molecule has 0 atom stereocenters. The maximum Gasteiger partial charge on any atom is 0.235 e. The molecule has 0 N–H and O–H groups in total. The molecule has 0 fully saturated rings. The summed E-state index contributed by atoms with van der Waals surface area (Å²) in [6.07, 6.45) is 5.25. The number of hydrogen-bond donors (Lipinski definition) is 0. The van der Waals surface area contributed by atoms with Crippen molar-refractivity contribution in [1.29, 1.82) is 0 Å². The Balaban J connectivity index is 1.39. The van der Waals surface area contributed by atoms with Crippen LogP contribution >= 0.6 is 11.8 Å². The fraction of sp³-hybridized carbons (Fsp3) is 0.0541. The van der Waals surface area contributed by atoms with E-state index in [1.54, 1.807) is 0 Å². The zero-order valence-corrected chi connectivity index (χ0v) is 23.8. The van der Waals surface area contributed by atoms with Gasteiger partial charge in [0.25, 0.3) is 0 Å². The molecule has 5 aromatic carbocycles. The highest BCUT2D eigenvalue weighted by atomic mass is 32.2. The summed E-state index contributed by atoms with van der Waals surface area (Å²) in [5.74, 6) is 0.665. The molecule has 0 aliphatic carbocycles. The number of nitrogens with zero attached hydrogens (tertiary/aromatic N) is 5. The van der Waals surface area contributed by atoms with Gasteiger partial charge in [-0.1, -0.05) is 84.6 Å². The van der Waals surface area contributed by atoms with Crippen LogP contribution in [0.5, 0.6) is 0 Å². The first-order valence-electron chi connectivity index (χ1n) is 14.6. The molecular weight excluding hydrogens is 547 g/mol. The van der Waals surface area contributed by atoms with E-state index in [2.05, 4.69) is 118 Å². The predicted octanol–water partition coefficient (Wildman–Crippen LogP) is 9.04. The second kappa shape index (κ2) is 8.66. The number of fused-ring (bicyclic) bond motifs is 10. The molecule has 8 aromatic rings. The number of para-hydroxylation sites is 4. The van der Waals surface area contributed by atoms with E-state index in [1.807, 2.05) is 17.8 Å². The van der Waals surface area contributed by atoms with Gasteiger partial charge in [-0.3, -0.25) is 9.56 Å². The topological polar surface area (TPSA) is 48.0 Å². The molecular formula is C37H23N5S. The highest BCUT2D eigenvalue weighted by Gasteiger charge is 2.28. The van der Waals surface area contributed by atoms with Crippen molar-refractivity contribution in [3.63, 3.8) is 0 Å². The molecule has 3 aromatic heterocycles. The van der Waals surface area contributed by atoms with Gasteiger partial charge in [0.1, 0.15) is 5.69 Å². The van der Waals surface area contributed by atoms with Crippen molar-refractivity contribution in [2.75, 3.05) is 6.54 Å². The van der Waals surface area contributed by atoms with Gasteiger partial charge in [0.2, 0.25) is 5.95 Å². The van der Waals surface area contributed by atoms with E-state index in [-0.39, 0.29) is 0 Å². The monoisotopic (exact) mass is 569 g/mol. The van der Waals surface area contributed by atoms with E-state index < -0.39 is 0 Å². The Labute approximate surface area is 250 Å². The fourth-order valence-electron chi connectivity index (χ4n) is 6.99. The van der Waals surface area contributed by atoms with Crippen LogP contribution in [0.1, 0.15) is 12.1 Å². The third-order valence-electron chi connectivity index (χ3n) is 8.75. The van der Waals surface area contributed by atoms with E-state index in [4.69, 9.17) is 15.0 Å². The van der Waals surface area contributed by atoms with Crippen LogP contribution < -0.4 is 0 Å². The van der Waals surface area contributed by atoms with E-state index in [1.165, 1.54) is 48.1 Å². The lowest BCUT2D eigenvalue weighted by molar-refractivity contribution is 0.978. The molecule has 0 amide bonds. The number of benzene rings is 5. The van der Waals surface area contributed by atoms with Crippen LogP contribution in [0.25, 0.3) is 66.2 Å². The summed E-state index contributed by atoms with van der Waals surface area (Å²) in [6.45, 7) is 0.777. The van der Waals surface area contributed by atoms with Crippen molar-refractivity contribution >= 4 is 72.0 Å². The lowest BCUT2D eigenvalue weighted by Crippen LogP contribution is -2.11. The van der Waals surface area contributed by atoms with Crippen molar-refractivity contribution in [3.05, 3.63) is 121 Å². The third-order valence-corrected chi connectivity index (χ3v) is 9.85. The van der Waals surface area contributed by atoms with Crippen molar-refractivity contribution < 1.29 is 0 Å². The second-order valence-corrected chi connectivity index (χ2v) is 12.2. The molecule has 0 unspecified atom stereocenters. The lowest BCUT2D eigenvalue weighted by atomic mass is 10.1. The molecule has 5 heterocycles. The number of rotatable bonds is 2. The molecule has 2 aliphatic heterocycles. The molecule has 0 spiro atoms. The summed E-state index contributed by atoms with van der Waals surface area (Å²) < 4.78 is 4.71. The van der Waals surface area contributed by atoms with Gasteiger partial charge in [-0.05, 0) is 48.9 Å². The zero-order chi connectivity index (χ0) is 28.1. The average Bonchev–Trinajstić information content (AvgIpc) is 3.59. The summed E-state index contributed by atoms with van der Waals surface area (Å²) in [5, 5.41) is 5.98. The summed E-state index contributed by atoms with van der Waals surface area (Å²) in [4.78, 5) is 17.8. The normalized spacial score (nSPS) is 14.3. The first kappa shape index (κ1) is 23.4. The van der Waals surface area contributed by atoms with Crippen molar-refractivity contribution in [1.82, 2.24) is 19.1 Å². The molecule has 5 nitrogen and oxygen atoms in total. The minimum atomic E-state index is 0.665. The van der Waals surface area contributed by atoms with Crippen LogP contribution in [0.2, 0.25) is 0 Å². The molecule has 0 bridgehead atoms. The van der Waals surface area contributed by atoms with Crippen LogP contribution in [0, 0.1) is 0 Å². The number of aromatic nitrogens is 4. The standard InChI is InChI=1S/C37H23N5S/c1-4-14-25-22(11-1)35(26-15-9-10-20-38-26)40-37(39-25)42-28-17-6-2-12-23(28)33-30(42)21-32-36-34(33)24-13-3-5-16-27(24)41(36)29-18-7-8-19-31(29)43-32/h1-9,11-19,21H,10,20H2. The van der Waals surface area contributed by atoms with Crippen LogP contribution in [0.4, 0.5) is 0 Å². The van der Waals surface area contributed by atoms with Gasteiger partial charge in [-0.2, -0.15) is 0 Å².